The van der Waals surface area contributed by atoms with E-state index in [2.05, 4.69) is 17.0 Å². The van der Waals surface area contributed by atoms with Crippen LogP contribution in [0.25, 0.3) is 0 Å². The molecule has 2 saturated heterocycles. The predicted molar refractivity (Wildman–Crippen MR) is 111 cm³/mol. The third-order valence-corrected chi connectivity index (χ3v) is 6.99. The van der Waals surface area contributed by atoms with Gasteiger partial charge in [0.05, 0.1) is 18.8 Å². The average Bonchev–Trinajstić information content (AvgIpc) is 3.63. The number of ether oxygens (including phenoxy) is 1. The molecule has 4 aliphatic rings. The Labute approximate surface area is 172 Å². The van der Waals surface area contributed by atoms with E-state index in [4.69, 9.17) is 4.74 Å². The molecule has 2 atom stereocenters. The molecule has 0 radical (unpaired) electrons. The summed E-state index contributed by atoms with van der Waals surface area (Å²) in [5.41, 5.74) is 1.90. The van der Waals surface area contributed by atoms with Gasteiger partial charge in [-0.05, 0) is 49.9 Å². The maximum Gasteiger partial charge on any atom is 0.254 e. The molecule has 29 heavy (non-hydrogen) atoms. The Bertz CT molecular complexity index is 751. The number of rotatable bonds is 3. The number of carbonyl (C=O) groups is 2. The number of fused-ring (bicyclic) bond motifs is 1. The zero-order valence-corrected chi connectivity index (χ0v) is 17.1. The van der Waals surface area contributed by atoms with Crippen LogP contribution in [-0.2, 0) is 9.53 Å². The number of anilines is 1. The monoisotopic (exact) mass is 397 g/mol. The van der Waals surface area contributed by atoms with Crippen LogP contribution in [0.15, 0.2) is 24.3 Å². The van der Waals surface area contributed by atoms with Gasteiger partial charge in [-0.3, -0.25) is 9.59 Å². The molecular formula is C23H31N3O3. The number of morpholine rings is 1. The highest BCUT2D eigenvalue weighted by molar-refractivity contribution is 5.95. The Morgan fingerprint density at radius 3 is 2.31 bits per heavy atom. The molecular weight excluding hydrogens is 366 g/mol. The number of carbonyl (C=O) groups excluding carboxylic acids is 2. The van der Waals surface area contributed by atoms with Crippen molar-refractivity contribution in [1.29, 1.82) is 0 Å². The van der Waals surface area contributed by atoms with Crippen molar-refractivity contribution in [2.75, 3.05) is 44.2 Å². The summed E-state index contributed by atoms with van der Waals surface area (Å²) in [5, 5.41) is 0. The first-order valence-electron chi connectivity index (χ1n) is 11.3. The fourth-order valence-corrected chi connectivity index (χ4v) is 5.10. The quantitative estimate of drug-likeness (QED) is 0.787. The largest absolute Gasteiger partial charge is 0.374 e. The van der Waals surface area contributed by atoms with Crippen molar-refractivity contribution >= 4 is 17.5 Å². The molecule has 1 aromatic rings. The Morgan fingerprint density at radius 2 is 1.59 bits per heavy atom. The van der Waals surface area contributed by atoms with Crippen LogP contribution in [0.4, 0.5) is 5.69 Å². The predicted octanol–water partition coefficient (Wildman–Crippen LogP) is 2.53. The van der Waals surface area contributed by atoms with E-state index in [1.54, 1.807) is 0 Å². The first-order valence-corrected chi connectivity index (χ1v) is 11.3. The van der Waals surface area contributed by atoms with E-state index in [1.807, 2.05) is 21.9 Å². The lowest BCUT2D eigenvalue weighted by molar-refractivity contribution is -0.132. The summed E-state index contributed by atoms with van der Waals surface area (Å²) < 4.78 is 5.91. The maximum absolute atomic E-state index is 13.1. The van der Waals surface area contributed by atoms with Gasteiger partial charge in [0.1, 0.15) is 0 Å². The van der Waals surface area contributed by atoms with E-state index in [0.29, 0.717) is 25.0 Å². The molecule has 1 aromatic carbocycles. The molecule has 2 aliphatic carbocycles. The summed E-state index contributed by atoms with van der Waals surface area (Å²) in [5.74, 6) is 0.782. The number of hydrogen-bond acceptors (Lipinski definition) is 4. The van der Waals surface area contributed by atoms with Crippen molar-refractivity contribution in [2.24, 2.45) is 5.92 Å². The van der Waals surface area contributed by atoms with Gasteiger partial charge in [-0.15, -0.1) is 0 Å². The zero-order chi connectivity index (χ0) is 19.8. The maximum atomic E-state index is 13.1. The van der Waals surface area contributed by atoms with Crippen LogP contribution in [0, 0.1) is 5.92 Å². The van der Waals surface area contributed by atoms with Gasteiger partial charge in [0.15, 0.2) is 0 Å². The van der Waals surface area contributed by atoms with Gasteiger partial charge in [-0.1, -0.05) is 12.8 Å². The molecule has 6 nitrogen and oxygen atoms in total. The van der Waals surface area contributed by atoms with Gasteiger partial charge in [0, 0.05) is 49.9 Å². The molecule has 2 amide bonds. The summed E-state index contributed by atoms with van der Waals surface area (Å²) in [6, 6.07) is 8.29. The molecule has 2 aliphatic heterocycles. The van der Waals surface area contributed by atoms with E-state index in [0.717, 1.165) is 63.1 Å². The molecule has 2 saturated carbocycles. The Hall–Kier alpha value is -2.08. The van der Waals surface area contributed by atoms with Crippen molar-refractivity contribution in [1.82, 2.24) is 9.80 Å². The summed E-state index contributed by atoms with van der Waals surface area (Å²) in [6.07, 6.45) is 6.87. The lowest BCUT2D eigenvalue weighted by Gasteiger charge is -2.43. The second kappa shape index (κ2) is 7.98. The highest BCUT2D eigenvalue weighted by atomic mass is 16.5. The van der Waals surface area contributed by atoms with Crippen LogP contribution in [0.3, 0.4) is 0 Å². The van der Waals surface area contributed by atoms with Crippen LogP contribution in [0.2, 0.25) is 0 Å². The molecule has 5 rings (SSSR count). The Morgan fingerprint density at radius 1 is 0.862 bits per heavy atom. The van der Waals surface area contributed by atoms with E-state index < -0.39 is 0 Å². The van der Waals surface area contributed by atoms with Crippen LogP contribution in [-0.4, -0.2) is 73.1 Å². The average molecular weight is 398 g/mol. The Kier molecular flexibility index (Phi) is 5.20. The molecule has 4 fully saturated rings. The van der Waals surface area contributed by atoms with Crippen molar-refractivity contribution < 1.29 is 14.3 Å². The van der Waals surface area contributed by atoms with Crippen molar-refractivity contribution in [2.45, 2.75) is 50.7 Å². The van der Waals surface area contributed by atoms with Gasteiger partial charge >= 0.3 is 0 Å². The SMILES string of the molecule is O=C(C1CC1)N1CCN(c2ccc(C(=O)N3CCOC4CCCCC43)cc2)CC1. The minimum atomic E-state index is 0.136. The highest BCUT2D eigenvalue weighted by Gasteiger charge is 2.37. The second-order valence-corrected chi connectivity index (χ2v) is 8.89. The lowest BCUT2D eigenvalue weighted by atomic mass is 9.89. The van der Waals surface area contributed by atoms with E-state index in [-0.39, 0.29) is 18.1 Å². The van der Waals surface area contributed by atoms with Gasteiger partial charge in [-0.25, -0.2) is 0 Å². The van der Waals surface area contributed by atoms with Crippen molar-refractivity contribution in [3.63, 3.8) is 0 Å². The van der Waals surface area contributed by atoms with Crippen LogP contribution < -0.4 is 4.90 Å². The minimum absolute atomic E-state index is 0.136. The van der Waals surface area contributed by atoms with Crippen LogP contribution >= 0.6 is 0 Å². The van der Waals surface area contributed by atoms with Crippen LogP contribution in [0.5, 0.6) is 0 Å². The van der Waals surface area contributed by atoms with Gasteiger partial charge in [0.2, 0.25) is 5.91 Å². The zero-order valence-electron chi connectivity index (χ0n) is 17.1. The topological polar surface area (TPSA) is 53.1 Å². The molecule has 6 heteroatoms. The van der Waals surface area contributed by atoms with E-state index in [1.165, 1.54) is 12.8 Å². The first kappa shape index (κ1) is 18.9. The summed E-state index contributed by atoms with van der Waals surface area (Å²) in [4.78, 5) is 31.8. The van der Waals surface area contributed by atoms with E-state index >= 15 is 0 Å². The second-order valence-electron chi connectivity index (χ2n) is 8.89. The van der Waals surface area contributed by atoms with Gasteiger partial charge < -0.3 is 19.4 Å². The number of piperazine rings is 1. The fraction of sp³-hybridized carbons (Fsp3) is 0.652. The number of amides is 2. The lowest BCUT2D eigenvalue weighted by Crippen LogP contribution is -2.54. The molecule has 0 bridgehead atoms. The third-order valence-electron chi connectivity index (χ3n) is 6.99. The molecule has 0 N–H and O–H groups in total. The molecule has 2 heterocycles. The standard InChI is InChI=1S/C23H31N3O3/c27-22(17-5-6-17)25-13-11-24(12-14-25)19-9-7-18(8-10-19)23(28)26-15-16-29-21-4-2-1-3-20(21)26/h7-10,17,20-21H,1-6,11-16H2. The molecule has 0 aromatic heterocycles. The fourth-order valence-electron chi connectivity index (χ4n) is 5.10. The number of benzene rings is 1. The van der Waals surface area contributed by atoms with E-state index in [9.17, 15) is 9.59 Å². The summed E-state index contributed by atoms with van der Waals surface area (Å²) in [7, 11) is 0. The van der Waals surface area contributed by atoms with Crippen molar-refractivity contribution in [3.8, 4) is 0 Å². The van der Waals surface area contributed by atoms with Crippen LogP contribution in [0.1, 0.15) is 48.9 Å². The Balaban J connectivity index is 1.21. The molecule has 0 spiro atoms. The smallest absolute Gasteiger partial charge is 0.254 e. The molecule has 156 valence electrons. The van der Waals surface area contributed by atoms with Gasteiger partial charge in [-0.2, -0.15) is 0 Å². The van der Waals surface area contributed by atoms with Gasteiger partial charge in [0.25, 0.3) is 5.91 Å². The first-order chi connectivity index (χ1) is 14.2. The normalized spacial score (nSPS) is 27.5. The minimum Gasteiger partial charge on any atom is -0.374 e. The number of nitrogens with zero attached hydrogens (tertiary/aromatic N) is 3. The summed E-state index contributed by atoms with van der Waals surface area (Å²) in [6.45, 7) is 4.66. The van der Waals surface area contributed by atoms with Crippen molar-refractivity contribution in [3.05, 3.63) is 29.8 Å². The third kappa shape index (κ3) is 3.87. The molecule has 2 unspecified atom stereocenters. The highest BCUT2D eigenvalue weighted by Crippen LogP contribution is 2.32. The summed E-state index contributed by atoms with van der Waals surface area (Å²) >= 11 is 0. The number of hydrogen-bond donors (Lipinski definition) is 0.